The molecule has 16 atom stereocenters. The van der Waals surface area contributed by atoms with Crippen molar-refractivity contribution in [2.24, 2.45) is 46.4 Å². The first-order chi connectivity index (χ1) is 61.8. The number of aromatic nitrogens is 2. The van der Waals surface area contributed by atoms with Crippen LogP contribution >= 0.6 is 0 Å². The molecule has 1 aromatic heterocycles. The van der Waals surface area contributed by atoms with Crippen LogP contribution in [-0.2, 0) is 115 Å². The highest BCUT2D eigenvalue weighted by atomic mass is 16.4. The molecule has 0 aliphatic heterocycles. The fourth-order valence-corrected chi connectivity index (χ4v) is 13.1. The van der Waals surface area contributed by atoms with Crippen LogP contribution < -0.4 is 108 Å². The van der Waals surface area contributed by atoms with Gasteiger partial charge < -0.3 is 139 Å². The number of carboxylic acid groups (broad SMARTS) is 4. The van der Waals surface area contributed by atoms with Crippen LogP contribution in [0.2, 0.25) is 0 Å². The third kappa shape index (κ3) is 42.2. The normalized spacial score (nSPS) is 14.8. The van der Waals surface area contributed by atoms with Gasteiger partial charge in [0.2, 0.25) is 94.5 Å². The highest BCUT2D eigenvalue weighted by Crippen LogP contribution is 2.17. The molecule has 3 aromatic rings. The van der Waals surface area contributed by atoms with Gasteiger partial charge in [-0.25, -0.2) is 9.78 Å². The lowest BCUT2D eigenvalue weighted by molar-refractivity contribution is -0.144. The molecule has 0 bridgehead atoms. The van der Waals surface area contributed by atoms with Crippen LogP contribution in [0, 0.1) is 17.8 Å². The molecule has 726 valence electrons. The number of nitrogens with one attached hydrogen (secondary N) is 16. The van der Waals surface area contributed by atoms with Crippen molar-refractivity contribution < 1.29 is 121 Å². The van der Waals surface area contributed by atoms with Crippen LogP contribution in [0.15, 0.2) is 67.1 Å². The molecule has 131 heavy (non-hydrogen) atoms. The highest BCUT2D eigenvalue weighted by Gasteiger charge is 2.40. The smallest absolute Gasteiger partial charge is 0.326 e. The quantitative estimate of drug-likeness (QED) is 0.0234. The average molecular weight is 1850 g/mol. The van der Waals surface area contributed by atoms with E-state index in [0.717, 1.165) is 0 Å². The van der Waals surface area contributed by atoms with Gasteiger partial charge in [-0.15, -0.1) is 0 Å². The number of primary amides is 1. The lowest BCUT2D eigenvalue weighted by Crippen LogP contribution is -2.62. The van der Waals surface area contributed by atoms with E-state index in [-0.39, 0.29) is 108 Å². The number of aliphatic carboxylic acids is 4. The molecule has 2 aromatic carbocycles. The number of unbranched alkanes of at least 4 members (excludes halogenated alkanes) is 3. The Hall–Kier alpha value is -13.3. The molecular weight excluding hydrogens is 1720 g/mol. The van der Waals surface area contributed by atoms with Crippen molar-refractivity contribution in [3.63, 3.8) is 0 Å². The van der Waals surface area contributed by atoms with E-state index < -0.39 is 260 Å². The topological polar surface area (TPSA) is 782 Å². The standard InChI is InChI=1S/C84H130N22O25/c1-9-45(6)69(83(129)104-61(38-66(112)113)80(126)98-56(84(130)131)28-29-65(110)111)106-81(127)62(39-67(114)115)103-79(125)60(37-63(89)108)102-75(121)55(23-15-18-32-87)96-74(120)54(22-14-17-31-86)97-78(124)59(36-50-40-90-42-92-50)101-76(122)57(33-43(2)3)100-77(123)58(35-48-19-11-10-12-20-48)99-71(117)47(8)94-82(128)68(44(4)5)105-64(109)41-91-70(116)46(7)93-73(119)53(21-13-16-30-85)95-72(118)52(88)34-49-24-26-51(107)27-25-49/h10-12,19-20,24-27,40,42-47,52-62,68-69,107H,9,13-18,21-23,28-39,41,85-88H2,1-8H3,(H2,89,108)(H,90,92)(H,91,116)(H,93,119)(H,94,128)(H,95,118)(H,96,120)(H,97,124)(H,98,126)(H,99,117)(H,100,123)(H,101,122)(H,102,121)(H,103,125)(H,104,129)(H,105,109)(H,106,127)(H,110,111)(H,112,113)(H,114,115)(H,130,131)/t45-,46-,47-,52-,53-,54-,55-,56-,57-,58-,59-,60-,61-,62-,68-,69-/m0/s1. The Morgan fingerprint density at radius 2 is 0.802 bits per heavy atom. The first kappa shape index (κ1) is 112. The van der Waals surface area contributed by atoms with E-state index in [1.807, 2.05) is 5.32 Å². The molecule has 47 nitrogen and oxygen atoms in total. The van der Waals surface area contributed by atoms with Crippen LogP contribution in [0.25, 0.3) is 0 Å². The summed E-state index contributed by atoms with van der Waals surface area (Å²) in [7, 11) is 0. The maximum atomic E-state index is 14.9. The minimum Gasteiger partial charge on any atom is -0.508 e. The molecule has 0 aliphatic carbocycles. The number of hydrogen-bond donors (Lipinski definition) is 26. The monoisotopic (exact) mass is 1850 g/mol. The second-order valence-electron chi connectivity index (χ2n) is 32.5. The zero-order valence-electron chi connectivity index (χ0n) is 74.7. The first-order valence-electron chi connectivity index (χ1n) is 43.1. The van der Waals surface area contributed by atoms with Crippen LogP contribution in [0.4, 0.5) is 0 Å². The first-order valence-corrected chi connectivity index (χ1v) is 43.1. The summed E-state index contributed by atoms with van der Waals surface area (Å²) in [6.45, 7) is 12.0. The lowest BCUT2D eigenvalue weighted by Gasteiger charge is -2.29. The molecule has 0 saturated heterocycles. The summed E-state index contributed by atoms with van der Waals surface area (Å²) < 4.78 is 0. The van der Waals surface area contributed by atoms with Gasteiger partial charge in [-0.2, -0.15) is 0 Å². The van der Waals surface area contributed by atoms with E-state index in [1.54, 1.807) is 70.2 Å². The Balaban J connectivity index is 1.90. The minimum atomic E-state index is -2.16. The Bertz CT molecular complexity index is 4330. The van der Waals surface area contributed by atoms with Crippen LogP contribution in [0.3, 0.4) is 0 Å². The van der Waals surface area contributed by atoms with Gasteiger partial charge in [-0.1, -0.05) is 90.4 Å². The highest BCUT2D eigenvalue weighted by molar-refractivity contribution is 6.02. The molecule has 0 saturated carbocycles. The molecule has 0 spiro atoms. The number of rotatable bonds is 63. The maximum Gasteiger partial charge on any atom is 0.326 e. The number of nitrogens with two attached hydrogens (primary N) is 5. The summed E-state index contributed by atoms with van der Waals surface area (Å²) in [6.07, 6.45) is -1.26. The van der Waals surface area contributed by atoms with Gasteiger partial charge in [-0.05, 0) is 152 Å². The summed E-state index contributed by atoms with van der Waals surface area (Å²) in [5.74, 6) is -25.0. The van der Waals surface area contributed by atoms with Crippen molar-refractivity contribution >= 4 is 118 Å². The number of carbonyl (C=O) groups is 20. The zero-order chi connectivity index (χ0) is 98.3. The molecule has 0 aliphatic rings. The van der Waals surface area contributed by atoms with Gasteiger partial charge in [0.1, 0.15) is 90.3 Å². The second-order valence-corrected chi connectivity index (χ2v) is 32.5. The predicted molar refractivity (Wildman–Crippen MR) is 469 cm³/mol. The summed E-state index contributed by atoms with van der Waals surface area (Å²) >= 11 is 0. The van der Waals surface area contributed by atoms with Gasteiger partial charge in [0.25, 0.3) is 0 Å². The second kappa shape index (κ2) is 58.3. The number of phenols is 1. The Kier molecular flexibility index (Phi) is 49.8. The Labute approximate surface area is 756 Å². The fourth-order valence-electron chi connectivity index (χ4n) is 13.1. The Morgan fingerprint density at radius 1 is 0.397 bits per heavy atom. The summed E-state index contributed by atoms with van der Waals surface area (Å²) in [5.41, 5.74) is 30.5. The molecule has 47 heteroatoms. The van der Waals surface area contributed by atoms with Crippen molar-refractivity contribution in [1.29, 1.82) is 0 Å². The number of carboxylic acids is 4. The maximum absolute atomic E-state index is 14.9. The van der Waals surface area contributed by atoms with Gasteiger partial charge in [-0.3, -0.25) is 91.1 Å². The van der Waals surface area contributed by atoms with Gasteiger partial charge >= 0.3 is 23.9 Å². The molecule has 0 radical (unpaired) electrons. The number of hydrogen-bond acceptors (Lipinski definition) is 26. The number of aromatic hydroxyl groups is 1. The third-order valence-electron chi connectivity index (χ3n) is 20.6. The SMILES string of the molecule is CC[C@H](C)[C@H](NC(=O)[C@H](CC(=O)O)NC(=O)[C@H](CC(N)=O)NC(=O)[C@H](CCCCN)NC(=O)[C@H](CCCCN)NC(=O)[C@H](Cc1cnc[nH]1)NC(=O)[C@H](CC(C)C)NC(=O)[C@H](Cc1ccccc1)NC(=O)[C@H](C)NC(=O)[C@@H](NC(=O)CNC(=O)[C@H](C)NC(=O)[C@H](CCCCN)NC(=O)[C@@H](N)Cc1ccc(O)cc1)C(C)C)C(=O)N[C@@H](CC(=O)O)C(=O)N[C@@H](CCC(=O)O)C(=O)O. The molecule has 1 heterocycles. The average Bonchev–Trinajstić information content (AvgIpc) is 1.57. The molecular formula is C84H130N22O25. The summed E-state index contributed by atoms with van der Waals surface area (Å²) in [6, 6.07) is -9.47. The third-order valence-corrected chi connectivity index (χ3v) is 20.6. The van der Waals surface area contributed by atoms with Crippen LogP contribution in [-0.4, -0.2) is 271 Å². The van der Waals surface area contributed by atoms with E-state index >= 15 is 0 Å². The van der Waals surface area contributed by atoms with E-state index in [2.05, 4.69) is 84.4 Å². The number of phenolic OH excluding ortho intramolecular Hbond substituents is 1. The number of nitrogens with zero attached hydrogens (tertiary/aromatic N) is 1. The number of benzene rings is 2. The number of carbonyl (C=O) groups excluding carboxylic acids is 16. The van der Waals surface area contributed by atoms with E-state index in [1.165, 1.54) is 52.4 Å². The number of imidazole rings is 1. The van der Waals surface area contributed by atoms with E-state index in [0.29, 0.717) is 30.5 Å². The minimum absolute atomic E-state index is 0.0159. The summed E-state index contributed by atoms with van der Waals surface area (Å²) in [4.78, 5) is 278. The number of H-pyrrole nitrogens is 1. The predicted octanol–water partition coefficient (Wildman–Crippen LogP) is -5.68. The molecule has 0 unspecified atom stereocenters. The molecule has 16 amide bonds. The summed E-state index contributed by atoms with van der Waals surface area (Å²) in [5, 5.41) is 84.6. The van der Waals surface area contributed by atoms with Crippen molar-refractivity contribution in [2.75, 3.05) is 26.2 Å². The zero-order valence-corrected chi connectivity index (χ0v) is 74.7. The number of aromatic amines is 1. The van der Waals surface area contributed by atoms with Crippen LogP contribution in [0.1, 0.15) is 175 Å². The molecule has 3 rings (SSSR count). The van der Waals surface area contributed by atoms with Gasteiger partial charge in [0.05, 0.1) is 38.2 Å². The van der Waals surface area contributed by atoms with Crippen molar-refractivity contribution in [1.82, 2.24) is 89.7 Å². The molecule has 31 N–H and O–H groups in total. The van der Waals surface area contributed by atoms with Crippen LogP contribution in [0.5, 0.6) is 5.75 Å². The van der Waals surface area contributed by atoms with E-state index in [9.17, 15) is 116 Å². The lowest BCUT2D eigenvalue weighted by atomic mass is 9.97. The van der Waals surface area contributed by atoms with Crippen molar-refractivity contribution in [2.45, 2.75) is 268 Å². The van der Waals surface area contributed by atoms with Crippen molar-refractivity contribution in [3.05, 3.63) is 83.9 Å². The van der Waals surface area contributed by atoms with E-state index in [4.69, 9.17) is 33.8 Å². The Morgan fingerprint density at radius 3 is 1.27 bits per heavy atom. The van der Waals surface area contributed by atoms with Gasteiger partial charge in [0, 0.05) is 31.2 Å². The number of amides is 16. The van der Waals surface area contributed by atoms with Gasteiger partial charge in [0.15, 0.2) is 0 Å². The van der Waals surface area contributed by atoms with Crippen molar-refractivity contribution in [3.8, 4) is 5.75 Å². The fraction of sp³-hybridized carbons (Fsp3) is 0.583. The molecule has 0 fully saturated rings. The largest absolute Gasteiger partial charge is 0.508 e.